The highest BCUT2D eigenvalue weighted by Gasteiger charge is 2.41. The van der Waals surface area contributed by atoms with Gasteiger partial charge in [-0.05, 0) is 32.8 Å². The van der Waals surface area contributed by atoms with Gasteiger partial charge in [-0.25, -0.2) is 0 Å². The first-order valence-electron chi connectivity index (χ1n) is 7.82. The number of amides is 1. The molecular weight excluding hydrogens is 309 g/mol. The number of carbonyl (C=O) groups is 1. The van der Waals surface area contributed by atoms with Crippen LogP contribution in [-0.2, 0) is 0 Å². The third kappa shape index (κ3) is 3.68. The van der Waals surface area contributed by atoms with Gasteiger partial charge in [-0.3, -0.25) is 14.8 Å². The van der Waals surface area contributed by atoms with Crippen LogP contribution in [0.5, 0.6) is 0 Å². The molecule has 1 aromatic heterocycles. The second-order valence-electron chi connectivity index (χ2n) is 7.08. The Morgan fingerprint density at radius 2 is 2.09 bits per heavy atom. The highest BCUT2D eigenvalue weighted by Crippen LogP contribution is 2.39. The number of aromatic amines is 1. The Bertz CT molecular complexity index is 592. The number of H-pyrrole nitrogens is 1. The number of carbonyl (C=O) groups excluding carboxylic acids is 1. The fourth-order valence-electron chi connectivity index (χ4n) is 3.21. The van der Waals surface area contributed by atoms with E-state index in [0.29, 0.717) is 11.6 Å². The van der Waals surface area contributed by atoms with E-state index in [1.807, 2.05) is 0 Å². The number of nitrogens with zero attached hydrogens (tertiary/aromatic N) is 3. The molecule has 1 saturated carbocycles. The Hall–Kier alpha value is -1.57. The number of alkyl halides is 3. The maximum Gasteiger partial charge on any atom is 0.401 e. The van der Waals surface area contributed by atoms with Crippen molar-refractivity contribution in [1.29, 1.82) is 0 Å². The average molecular weight is 330 g/mol. The van der Waals surface area contributed by atoms with Crippen LogP contribution in [0.1, 0.15) is 48.8 Å². The molecule has 0 spiro atoms. The van der Waals surface area contributed by atoms with E-state index in [1.54, 1.807) is 24.8 Å². The van der Waals surface area contributed by atoms with Gasteiger partial charge in [-0.15, -0.1) is 0 Å². The van der Waals surface area contributed by atoms with Crippen molar-refractivity contribution in [1.82, 2.24) is 20.0 Å². The molecule has 0 radical (unpaired) electrons. The zero-order valence-electron chi connectivity index (χ0n) is 13.3. The van der Waals surface area contributed by atoms with Crippen molar-refractivity contribution in [2.24, 2.45) is 0 Å². The van der Waals surface area contributed by atoms with Gasteiger partial charge in [0, 0.05) is 31.2 Å². The third-order valence-electron chi connectivity index (χ3n) is 4.46. The second-order valence-corrected chi connectivity index (χ2v) is 7.08. The van der Waals surface area contributed by atoms with Crippen LogP contribution in [0, 0.1) is 0 Å². The zero-order chi connectivity index (χ0) is 16.8. The van der Waals surface area contributed by atoms with Gasteiger partial charge in [0.25, 0.3) is 5.91 Å². The van der Waals surface area contributed by atoms with Gasteiger partial charge in [-0.2, -0.15) is 18.3 Å². The van der Waals surface area contributed by atoms with Crippen molar-refractivity contribution >= 4 is 5.91 Å². The molecule has 3 rings (SSSR count). The lowest BCUT2D eigenvalue weighted by Crippen LogP contribution is -2.62. The Kier molecular flexibility index (Phi) is 3.90. The normalized spacial score (nSPS) is 22.4. The molecule has 1 amide bonds. The van der Waals surface area contributed by atoms with Crippen molar-refractivity contribution in [3.8, 4) is 0 Å². The molecule has 128 valence electrons. The van der Waals surface area contributed by atoms with E-state index in [1.165, 1.54) is 4.90 Å². The molecule has 1 aliphatic heterocycles. The Labute approximate surface area is 132 Å². The van der Waals surface area contributed by atoms with E-state index in [2.05, 4.69) is 10.2 Å². The molecule has 1 saturated heterocycles. The number of rotatable bonds is 3. The number of hydrogen-bond donors (Lipinski definition) is 1. The summed E-state index contributed by atoms with van der Waals surface area (Å²) in [4.78, 5) is 15.6. The Morgan fingerprint density at radius 3 is 2.65 bits per heavy atom. The summed E-state index contributed by atoms with van der Waals surface area (Å²) in [5, 5.41) is 6.98. The molecule has 1 aromatic rings. The average Bonchev–Trinajstić information content (AvgIpc) is 3.13. The first-order valence-corrected chi connectivity index (χ1v) is 7.82. The van der Waals surface area contributed by atoms with Crippen molar-refractivity contribution in [3.63, 3.8) is 0 Å². The van der Waals surface area contributed by atoms with Crippen LogP contribution in [-0.4, -0.2) is 63.8 Å². The van der Waals surface area contributed by atoms with Gasteiger partial charge in [0.1, 0.15) is 5.69 Å². The lowest BCUT2D eigenvalue weighted by Gasteiger charge is -2.47. The summed E-state index contributed by atoms with van der Waals surface area (Å²) in [6, 6.07) is 1.78. The summed E-state index contributed by atoms with van der Waals surface area (Å²) < 4.78 is 37.7. The van der Waals surface area contributed by atoms with Crippen LogP contribution in [0.15, 0.2) is 6.07 Å². The summed E-state index contributed by atoms with van der Waals surface area (Å²) in [5.41, 5.74) is 0.658. The maximum atomic E-state index is 12.7. The molecule has 0 unspecified atom stereocenters. The monoisotopic (exact) mass is 330 g/mol. The molecule has 1 N–H and O–H groups in total. The smallest absolute Gasteiger partial charge is 0.330 e. The standard InChI is InChI=1S/C15H21F3N4O/c1-14(2)8-21(9-15(16,17)18)5-6-22(14)13(23)12-7-11(19-20-12)10-3-4-10/h7,10H,3-6,8-9H2,1-2H3,(H,19,20). The molecule has 5 nitrogen and oxygen atoms in total. The highest BCUT2D eigenvalue weighted by molar-refractivity contribution is 5.93. The van der Waals surface area contributed by atoms with Crippen LogP contribution in [0.3, 0.4) is 0 Å². The number of aromatic nitrogens is 2. The summed E-state index contributed by atoms with van der Waals surface area (Å²) in [6.07, 6.45) is -2.00. The molecule has 23 heavy (non-hydrogen) atoms. The minimum atomic E-state index is -4.22. The molecule has 2 aliphatic rings. The van der Waals surface area contributed by atoms with Crippen molar-refractivity contribution < 1.29 is 18.0 Å². The summed E-state index contributed by atoms with van der Waals surface area (Å²) in [7, 11) is 0. The molecule has 0 atom stereocenters. The molecule has 1 aliphatic carbocycles. The predicted octanol–water partition coefficient (Wildman–Crippen LogP) is 2.39. The number of piperazine rings is 1. The lowest BCUT2D eigenvalue weighted by molar-refractivity contribution is -0.153. The molecule has 0 aromatic carbocycles. The third-order valence-corrected chi connectivity index (χ3v) is 4.46. The number of hydrogen-bond acceptors (Lipinski definition) is 3. The van der Waals surface area contributed by atoms with Gasteiger partial charge in [0.05, 0.1) is 12.1 Å². The fraction of sp³-hybridized carbons (Fsp3) is 0.733. The zero-order valence-corrected chi connectivity index (χ0v) is 13.3. The Morgan fingerprint density at radius 1 is 1.39 bits per heavy atom. The van der Waals surface area contributed by atoms with Crippen LogP contribution in [0.2, 0.25) is 0 Å². The molecule has 2 heterocycles. The van der Waals surface area contributed by atoms with Gasteiger partial charge < -0.3 is 4.90 Å². The lowest BCUT2D eigenvalue weighted by atomic mass is 9.98. The summed E-state index contributed by atoms with van der Waals surface area (Å²) >= 11 is 0. The molecule has 8 heteroatoms. The largest absolute Gasteiger partial charge is 0.401 e. The molecular formula is C15H21F3N4O. The van der Waals surface area contributed by atoms with E-state index in [0.717, 1.165) is 18.5 Å². The van der Waals surface area contributed by atoms with Crippen LogP contribution in [0.4, 0.5) is 13.2 Å². The van der Waals surface area contributed by atoms with E-state index >= 15 is 0 Å². The topological polar surface area (TPSA) is 52.2 Å². The van der Waals surface area contributed by atoms with E-state index < -0.39 is 18.3 Å². The van der Waals surface area contributed by atoms with E-state index in [-0.39, 0.29) is 25.5 Å². The number of halogens is 3. The first kappa shape index (κ1) is 16.3. The summed E-state index contributed by atoms with van der Waals surface area (Å²) in [5.74, 6) is 0.255. The second kappa shape index (κ2) is 5.51. The molecule has 2 fully saturated rings. The minimum Gasteiger partial charge on any atom is -0.330 e. The van der Waals surface area contributed by atoms with E-state index in [9.17, 15) is 18.0 Å². The van der Waals surface area contributed by atoms with Crippen LogP contribution >= 0.6 is 0 Å². The quantitative estimate of drug-likeness (QED) is 0.926. The summed E-state index contributed by atoms with van der Waals surface area (Å²) in [6.45, 7) is 3.33. The van der Waals surface area contributed by atoms with Gasteiger partial charge >= 0.3 is 6.18 Å². The fourth-order valence-corrected chi connectivity index (χ4v) is 3.21. The maximum absolute atomic E-state index is 12.7. The Balaban J connectivity index is 1.68. The SMILES string of the molecule is CC1(C)CN(CC(F)(F)F)CCN1C(=O)c1cc(C2CC2)[nH]n1. The first-order chi connectivity index (χ1) is 10.7. The van der Waals surface area contributed by atoms with E-state index in [4.69, 9.17) is 0 Å². The number of nitrogens with one attached hydrogen (secondary N) is 1. The van der Waals surface area contributed by atoms with Crippen molar-refractivity contribution in [2.45, 2.75) is 44.3 Å². The van der Waals surface area contributed by atoms with Crippen molar-refractivity contribution in [2.75, 3.05) is 26.2 Å². The predicted molar refractivity (Wildman–Crippen MR) is 78.2 cm³/mol. The van der Waals surface area contributed by atoms with Gasteiger partial charge in [0.2, 0.25) is 0 Å². The van der Waals surface area contributed by atoms with Crippen molar-refractivity contribution in [3.05, 3.63) is 17.5 Å². The van der Waals surface area contributed by atoms with Crippen LogP contribution in [0.25, 0.3) is 0 Å². The highest BCUT2D eigenvalue weighted by atomic mass is 19.4. The minimum absolute atomic E-state index is 0.193. The molecule has 0 bridgehead atoms. The van der Waals surface area contributed by atoms with Gasteiger partial charge in [0.15, 0.2) is 0 Å². The van der Waals surface area contributed by atoms with Gasteiger partial charge in [-0.1, -0.05) is 0 Å². The van der Waals surface area contributed by atoms with Crippen LogP contribution < -0.4 is 0 Å².